The van der Waals surface area contributed by atoms with Crippen molar-refractivity contribution < 1.29 is 14.6 Å². The molecule has 0 spiro atoms. The van der Waals surface area contributed by atoms with Gasteiger partial charge in [0.2, 0.25) is 0 Å². The molecule has 2 aliphatic rings. The second-order valence-corrected chi connectivity index (χ2v) is 9.88. The minimum atomic E-state index is -0.769. The molecule has 1 saturated carbocycles. The van der Waals surface area contributed by atoms with E-state index in [2.05, 4.69) is 46.8 Å². The second-order valence-electron chi connectivity index (χ2n) is 9.88. The molecule has 152 valence electrons. The first-order valence-electron chi connectivity index (χ1n) is 10.8. The van der Waals surface area contributed by atoms with E-state index in [0.717, 1.165) is 18.3 Å². The quantitative estimate of drug-likeness (QED) is 0.702. The van der Waals surface area contributed by atoms with Gasteiger partial charge in [-0.25, -0.2) is 0 Å². The van der Waals surface area contributed by atoms with Crippen LogP contribution < -0.4 is 4.74 Å². The lowest BCUT2D eigenvalue weighted by Gasteiger charge is -2.41. The fraction of sp³-hybridized carbons (Fsp3) is 0.750. The highest BCUT2D eigenvalue weighted by Gasteiger charge is 2.40. The summed E-state index contributed by atoms with van der Waals surface area (Å²) in [6, 6.07) is 8.17. The van der Waals surface area contributed by atoms with Gasteiger partial charge in [0.25, 0.3) is 0 Å². The third kappa shape index (κ3) is 5.06. The minimum Gasteiger partial charge on any atom is -0.465 e. The van der Waals surface area contributed by atoms with Crippen molar-refractivity contribution in [2.75, 3.05) is 6.61 Å². The molecule has 6 unspecified atom stereocenters. The normalized spacial score (nSPS) is 31.5. The van der Waals surface area contributed by atoms with Crippen LogP contribution >= 0.6 is 0 Å². The molecule has 3 nitrogen and oxygen atoms in total. The molecular formula is C24H38O3. The Morgan fingerprint density at radius 1 is 1.07 bits per heavy atom. The molecular weight excluding hydrogens is 336 g/mol. The van der Waals surface area contributed by atoms with Gasteiger partial charge in [0, 0.05) is 5.92 Å². The number of hydrogen-bond donors (Lipinski definition) is 1. The molecule has 1 aliphatic heterocycles. The average molecular weight is 375 g/mol. The van der Waals surface area contributed by atoms with Crippen molar-refractivity contribution in [3.8, 4) is 5.75 Å². The van der Waals surface area contributed by atoms with E-state index in [9.17, 15) is 5.11 Å². The van der Waals surface area contributed by atoms with Crippen LogP contribution in [0.25, 0.3) is 0 Å². The second kappa shape index (κ2) is 8.53. The molecule has 0 amide bonds. The smallest absolute Gasteiger partial charge is 0.200 e. The summed E-state index contributed by atoms with van der Waals surface area (Å²) in [7, 11) is 0. The van der Waals surface area contributed by atoms with Crippen molar-refractivity contribution in [1.82, 2.24) is 0 Å². The predicted molar refractivity (Wildman–Crippen MR) is 110 cm³/mol. The number of benzene rings is 1. The summed E-state index contributed by atoms with van der Waals surface area (Å²) in [4.78, 5) is 0. The van der Waals surface area contributed by atoms with Crippen molar-refractivity contribution in [2.45, 2.75) is 84.5 Å². The van der Waals surface area contributed by atoms with Gasteiger partial charge in [0.15, 0.2) is 6.29 Å². The highest BCUT2D eigenvalue weighted by atomic mass is 16.6. The molecule has 1 aliphatic carbocycles. The van der Waals surface area contributed by atoms with Crippen molar-refractivity contribution >= 4 is 0 Å². The lowest BCUT2D eigenvalue weighted by Crippen LogP contribution is -2.40. The van der Waals surface area contributed by atoms with Gasteiger partial charge in [-0.05, 0) is 67.1 Å². The molecule has 27 heavy (non-hydrogen) atoms. The van der Waals surface area contributed by atoms with Crippen LogP contribution in [0.1, 0.15) is 72.3 Å². The summed E-state index contributed by atoms with van der Waals surface area (Å²) in [5, 5.41) is 10.8. The molecule has 6 atom stereocenters. The SMILES string of the molecule is CC1CCC2CCCC(C(C)C(O)Oc3ccc(C(C)(C)C)cc3)C2CO1. The molecule has 2 fully saturated rings. The number of fused-ring (bicyclic) bond motifs is 1. The van der Waals surface area contributed by atoms with Crippen LogP contribution in [0.4, 0.5) is 0 Å². The molecule has 0 aromatic heterocycles. The van der Waals surface area contributed by atoms with Crippen LogP contribution in [0.5, 0.6) is 5.75 Å². The number of aliphatic hydroxyl groups is 1. The Hall–Kier alpha value is -1.06. The van der Waals surface area contributed by atoms with Gasteiger partial charge in [-0.3, -0.25) is 0 Å². The molecule has 1 aromatic carbocycles. The first-order valence-corrected chi connectivity index (χ1v) is 10.8. The Morgan fingerprint density at radius 3 is 2.44 bits per heavy atom. The monoisotopic (exact) mass is 374 g/mol. The summed E-state index contributed by atoms with van der Waals surface area (Å²) in [6.07, 6.45) is 5.78. The van der Waals surface area contributed by atoms with E-state index >= 15 is 0 Å². The van der Waals surface area contributed by atoms with Crippen LogP contribution in [0.15, 0.2) is 24.3 Å². The lowest BCUT2D eigenvalue weighted by atomic mass is 9.66. The van der Waals surface area contributed by atoms with Gasteiger partial charge < -0.3 is 14.6 Å². The Labute approximate surface area is 165 Å². The van der Waals surface area contributed by atoms with Gasteiger partial charge in [-0.1, -0.05) is 52.7 Å². The minimum absolute atomic E-state index is 0.108. The zero-order valence-electron chi connectivity index (χ0n) is 17.8. The number of aliphatic hydroxyl groups excluding tert-OH is 1. The van der Waals surface area contributed by atoms with Crippen LogP contribution in [-0.2, 0) is 10.2 Å². The topological polar surface area (TPSA) is 38.7 Å². The average Bonchev–Trinajstić information content (AvgIpc) is 2.82. The Bertz CT molecular complexity index is 589. The molecule has 0 radical (unpaired) electrons. The first kappa shape index (κ1) is 20.7. The van der Waals surface area contributed by atoms with E-state index in [1.807, 2.05) is 12.1 Å². The van der Waals surface area contributed by atoms with E-state index in [4.69, 9.17) is 9.47 Å². The van der Waals surface area contributed by atoms with Crippen LogP contribution in [0.3, 0.4) is 0 Å². The van der Waals surface area contributed by atoms with Crippen LogP contribution in [-0.4, -0.2) is 24.1 Å². The summed E-state index contributed by atoms with van der Waals surface area (Å²) in [6.45, 7) is 11.8. The first-order chi connectivity index (χ1) is 12.8. The maximum absolute atomic E-state index is 10.8. The summed E-state index contributed by atoms with van der Waals surface area (Å²) in [5.41, 5.74) is 1.40. The number of rotatable bonds is 4. The van der Waals surface area contributed by atoms with E-state index in [1.54, 1.807) is 0 Å². The van der Waals surface area contributed by atoms with Gasteiger partial charge in [0.1, 0.15) is 5.75 Å². The molecule has 1 heterocycles. The Kier molecular flexibility index (Phi) is 6.53. The van der Waals surface area contributed by atoms with Crippen molar-refractivity contribution in [3.63, 3.8) is 0 Å². The van der Waals surface area contributed by atoms with Crippen molar-refractivity contribution in [3.05, 3.63) is 29.8 Å². The molecule has 1 N–H and O–H groups in total. The van der Waals surface area contributed by atoms with Gasteiger partial charge in [0.05, 0.1) is 12.7 Å². The highest BCUT2D eigenvalue weighted by Crippen LogP contribution is 2.44. The highest BCUT2D eigenvalue weighted by molar-refractivity contribution is 5.31. The third-order valence-corrected chi connectivity index (χ3v) is 6.89. The van der Waals surface area contributed by atoms with Gasteiger partial charge in [-0.2, -0.15) is 0 Å². The van der Waals surface area contributed by atoms with E-state index < -0.39 is 6.29 Å². The maximum atomic E-state index is 10.8. The zero-order chi connectivity index (χ0) is 19.6. The molecule has 0 bridgehead atoms. The fourth-order valence-electron chi connectivity index (χ4n) is 4.96. The molecule has 3 rings (SSSR count). The van der Waals surface area contributed by atoms with Crippen LogP contribution in [0.2, 0.25) is 0 Å². The van der Waals surface area contributed by atoms with E-state index in [-0.39, 0.29) is 11.3 Å². The lowest BCUT2D eigenvalue weighted by molar-refractivity contribution is -0.0997. The van der Waals surface area contributed by atoms with E-state index in [1.165, 1.54) is 37.7 Å². The van der Waals surface area contributed by atoms with Crippen molar-refractivity contribution in [2.24, 2.45) is 23.7 Å². The van der Waals surface area contributed by atoms with Gasteiger partial charge >= 0.3 is 0 Å². The summed E-state index contributed by atoms with van der Waals surface area (Å²) >= 11 is 0. The van der Waals surface area contributed by atoms with E-state index in [0.29, 0.717) is 17.9 Å². The van der Waals surface area contributed by atoms with Crippen LogP contribution in [0, 0.1) is 23.7 Å². The van der Waals surface area contributed by atoms with Crippen molar-refractivity contribution in [1.29, 1.82) is 0 Å². The number of ether oxygens (including phenoxy) is 2. The molecule has 1 saturated heterocycles. The predicted octanol–water partition coefficient (Wildman–Crippen LogP) is 5.55. The molecule has 1 aromatic rings. The summed E-state index contributed by atoms with van der Waals surface area (Å²) in [5.74, 6) is 2.63. The third-order valence-electron chi connectivity index (χ3n) is 6.89. The molecule has 3 heteroatoms. The largest absolute Gasteiger partial charge is 0.465 e. The Balaban J connectivity index is 1.64. The zero-order valence-corrected chi connectivity index (χ0v) is 17.8. The van der Waals surface area contributed by atoms with Gasteiger partial charge in [-0.15, -0.1) is 0 Å². The Morgan fingerprint density at radius 2 is 1.78 bits per heavy atom. The maximum Gasteiger partial charge on any atom is 0.200 e. The number of hydrogen-bond acceptors (Lipinski definition) is 3. The standard InChI is InChI=1S/C24H38O3/c1-16-9-10-18-7-6-8-21(22(18)15-26-16)17(2)23(25)27-20-13-11-19(12-14-20)24(3,4)5/h11-14,16-18,21-23,25H,6-10,15H2,1-5H3. The fourth-order valence-corrected chi connectivity index (χ4v) is 4.96. The summed E-state index contributed by atoms with van der Waals surface area (Å²) < 4.78 is 12.0.